The number of anilines is 3. The van der Waals surface area contributed by atoms with Crippen molar-refractivity contribution in [3.05, 3.63) is 40.9 Å². The molecule has 1 aromatic carbocycles. The van der Waals surface area contributed by atoms with E-state index in [1.54, 1.807) is 0 Å². The monoisotopic (exact) mass is 502 g/mol. The van der Waals surface area contributed by atoms with E-state index < -0.39 is 23.6 Å². The molecule has 0 aliphatic carbocycles. The second kappa shape index (κ2) is 11.2. The molecule has 2 aromatic rings. The molecule has 1 fully saturated rings. The zero-order valence-electron chi connectivity index (χ0n) is 18.7. The van der Waals surface area contributed by atoms with Gasteiger partial charge >= 0.3 is 6.18 Å². The SMILES string of the molecule is CN(CCCC(C=O)Nc1cc(Cl)cc(C(F)(F)F)c1)C1CCCN(c2ncnc(N)c2F)C1. The number of nitrogen functional groups attached to an aromatic ring is 1. The highest BCUT2D eigenvalue weighted by molar-refractivity contribution is 6.31. The molecule has 0 radical (unpaired) electrons. The predicted octanol–water partition coefficient (Wildman–Crippen LogP) is 4.23. The second-order valence-corrected chi connectivity index (χ2v) is 8.81. The van der Waals surface area contributed by atoms with Crippen LogP contribution < -0.4 is 16.0 Å². The first-order valence-corrected chi connectivity index (χ1v) is 11.3. The van der Waals surface area contributed by atoms with Gasteiger partial charge in [-0.15, -0.1) is 0 Å². The van der Waals surface area contributed by atoms with Crippen molar-refractivity contribution in [1.82, 2.24) is 14.9 Å². The third kappa shape index (κ3) is 6.69. The summed E-state index contributed by atoms with van der Waals surface area (Å²) in [6.45, 7) is 1.89. The fourth-order valence-electron chi connectivity index (χ4n) is 4.07. The molecule has 0 bridgehead atoms. The number of benzene rings is 1. The van der Waals surface area contributed by atoms with Gasteiger partial charge in [0.05, 0.1) is 11.6 Å². The summed E-state index contributed by atoms with van der Waals surface area (Å²) in [6.07, 6.45) is 0.222. The number of aromatic nitrogens is 2. The average Bonchev–Trinajstić information content (AvgIpc) is 2.79. The van der Waals surface area contributed by atoms with Gasteiger partial charge in [-0.2, -0.15) is 17.6 Å². The summed E-state index contributed by atoms with van der Waals surface area (Å²) in [4.78, 5) is 23.2. The summed E-state index contributed by atoms with van der Waals surface area (Å²) < 4.78 is 53.4. The van der Waals surface area contributed by atoms with Crippen LogP contribution in [0.5, 0.6) is 0 Å². The molecule has 0 saturated carbocycles. The number of carbonyl (C=O) groups is 1. The lowest BCUT2D eigenvalue weighted by molar-refractivity contribution is -0.137. The van der Waals surface area contributed by atoms with E-state index >= 15 is 0 Å². The number of nitrogens with zero attached hydrogens (tertiary/aromatic N) is 4. The molecule has 2 atom stereocenters. The number of likely N-dealkylation sites (N-methyl/N-ethyl adjacent to an activating group) is 1. The molecular formula is C22H27ClF4N6O. The Hall–Kier alpha value is -2.66. The molecule has 34 heavy (non-hydrogen) atoms. The molecule has 186 valence electrons. The van der Waals surface area contributed by atoms with Crippen molar-refractivity contribution in [2.45, 2.75) is 43.9 Å². The van der Waals surface area contributed by atoms with Gasteiger partial charge in [0.25, 0.3) is 0 Å². The summed E-state index contributed by atoms with van der Waals surface area (Å²) in [5.74, 6) is -0.620. The van der Waals surface area contributed by atoms with E-state index in [0.717, 1.165) is 25.0 Å². The van der Waals surface area contributed by atoms with Crippen molar-refractivity contribution in [3.8, 4) is 0 Å². The molecule has 1 saturated heterocycles. The minimum atomic E-state index is -4.53. The Morgan fingerprint density at radius 3 is 2.82 bits per heavy atom. The van der Waals surface area contributed by atoms with Crippen LogP contribution in [0.25, 0.3) is 0 Å². The van der Waals surface area contributed by atoms with Gasteiger partial charge in [-0.25, -0.2) is 9.97 Å². The lowest BCUT2D eigenvalue weighted by atomic mass is 10.0. The number of nitrogens with two attached hydrogens (primary N) is 1. The average molecular weight is 503 g/mol. The van der Waals surface area contributed by atoms with E-state index in [9.17, 15) is 22.4 Å². The molecule has 2 heterocycles. The Labute approximate surface area is 200 Å². The van der Waals surface area contributed by atoms with Gasteiger partial charge in [0.15, 0.2) is 11.6 Å². The number of hydrogen-bond acceptors (Lipinski definition) is 7. The highest BCUT2D eigenvalue weighted by atomic mass is 35.5. The van der Waals surface area contributed by atoms with Crippen LogP contribution in [-0.2, 0) is 11.0 Å². The first kappa shape index (κ1) is 26.0. The van der Waals surface area contributed by atoms with E-state index in [1.165, 1.54) is 12.4 Å². The fraction of sp³-hybridized carbons (Fsp3) is 0.500. The van der Waals surface area contributed by atoms with Crippen LogP contribution in [0.15, 0.2) is 24.5 Å². The normalized spacial score (nSPS) is 17.6. The molecule has 3 N–H and O–H groups in total. The lowest BCUT2D eigenvalue weighted by Crippen LogP contribution is -2.47. The molecule has 0 amide bonds. The Balaban J connectivity index is 1.53. The van der Waals surface area contributed by atoms with Crippen molar-refractivity contribution in [2.75, 3.05) is 42.6 Å². The maximum absolute atomic E-state index is 14.3. The summed E-state index contributed by atoms with van der Waals surface area (Å²) in [5, 5.41) is 2.76. The number of halogens is 5. The van der Waals surface area contributed by atoms with Gasteiger partial charge in [-0.05, 0) is 57.5 Å². The van der Waals surface area contributed by atoms with Crippen molar-refractivity contribution < 1.29 is 22.4 Å². The second-order valence-electron chi connectivity index (χ2n) is 8.37. The maximum Gasteiger partial charge on any atom is 0.416 e. The Kier molecular flexibility index (Phi) is 8.53. The standard InChI is InChI=1S/C22H27ClF4N6O/c1-32(18-5-3-7-33(11-18)21-19(24)20(28)29-13-30-21)6-2-4-16(12-34)31-17-9-14(22(25,26)27)8-15(23)10-17/h8-10,12-13,16,18,31H,2-7,11H2,1H3,(H2,28,29,30). The first-order valence-electron chi connectivity index (χ1n) is 10.9. The van der Waals surface area contributed by atoms with Crippen molar-refractivity contribution in [3.63, 3.8) is 0 Å². The maximum atomic E-state index is 14.3. The summed E-state index contributed by atoms with van der Waals surface area (Å²) >= 11 is 5.81. The van der Waals surface area contributed by atoms with Gasteiger partial charge in [0.1, 0.15) is 12.6 Å². The number of hydrogen-bond donors (Lipinski definition) is 2. The van der Waals surface area contributed by atoms with Gasteiger partial charge in [0.2, 0.25) is 5.82 Å². The highest BCUT2D eigenvalue weighted by Crippen LogP contribution is 2.33. The van der Waals surface area contributed by atoms with Gasteiger partial charge in [0, 0.05) is 29.8 Å². The molecule has 1 aromatic heterocycles. The molecule has 3 rings (SSSR count). The van der Waals surface area contributed by atoms with Gasteiger partial charge < -0.3 is 25.6 Å². The summed E-state index contributed by atoms with van der Waals surface area (Å²) in [6, 6.07) is 2.62. The Bertz CT molecular complexity index is 992. The molecule has 2 unspecified atom stereocenters. The topological polar surface area (TPSA) is 87.4 Å². The van der Waals surface area contributed by atoms with Crippen LogP contribution in [0.3, 0.4) is 0 Å². The van der Waals surface area contributed by atoms with Gasteiger partial charge in [-0.1, -0.05) is 11.6 Å². The quantitative estimate of drug-likeness (QED) is 0.392. The van der Waals surface area contributed by atoms with Crippen molar-refractivity contribution in [1.29, 1.82) is 0 Å². The van der Waals surface area contributed by atoms with E-state index in [1.807, 2.05) is 11.9 Å². The third-order valence-corrected chi connectivity index (χ3v) is 6.10. The number of carbonyl (C=O) groups excluding carboxylic acids is 1. The molecule has 7 nitrogen and oxygen atoms in total. The highest BCUT2D eigenvalue weighted by Gasteiger charge is 2.31. The number of nitrogens with one attached hydrogen (secondary N) is 1. The Morgan fingerprint density at radius 1 is 1.35 bits per heavy atom. The van der Waals surface area contributed by atoms with E-state index in [0.29, 0.717) is 38.8 Å². The van der Waals surface area contributed by atoms with Crippen LogP contribution >= 0.6 is 11.6 Å². The number of piperidine rings is 1. The molecule has 1 aliphatic heterocycles. The largest absolute Gasteiger partial charge is 0.416 e. The lowest BCUT2D eigenvalue weighted by Gasteiger charge is -2.38. The minimum Gasteiger partial charge on any atom is -0.381 e. The number of rotatable bonds is 9. The van der Waals surface area contributed by atoms with Crippen LogP contribution in [0.2, 0.25) is 5.02 Å². The zero-order chi connectivity index (χ0) is 24.9. The number of aldehydes is 1. The summed E-state index contributed by atoms with van der Waals surface area (Å²) in [5.41, 5.74) is 4.82. The molecular weight excluding hydrogens is 476 g/mol. The zero-order valence-corrected chi connectivity index (χ0v) is 19.4. The van der Waals surface area contributed by atoms with Crippen molar-refractivity contribution in [2.24, 2.45) is 0 Å². The molecule has 12 heteroatoms. The van der Waals surface area contributed by atoms with Gasteiger partial charge in [-0.3, -0.25) is 0 Å². The smallest absolute Gasteiger partial charge is 0.381 e. The van der Waals surface area contributed by atoms with E-state index in [4.69, 9.17) is 17.3 Å². The predicted molar refractivity (Wildman–Crippen MR) is 123 cm³/mol. The van der Waals surface area contributed by atoms with Crippen LogP contribution in [0.1, 0.15) is 31.2 Å². The Morgan fingerprint density at radius 2 is 2.12 bits per heavy atom. The van der Waals surface area contributed by atoms with Crippen LogP contribution in [-0.4, -0.2) is 59.9 Å². The number of alkyl halides is 3. The molecule has 1 aliphatic rings. The molecule has 0 spiro atoms. The fourth-order valence-corrected chi connectivity index (χ4v) is 4.30. The van der Waals surface area contributed by atoms with Crippen LogP contribution in [0, 0.1) is 5.82 Å². The van der Waals surface area contributed by atoms with Crippen molar-refractivity contribution >= 4 is 35.2 Å². The van der Waals surface area contributed by atoms with E-state index in [2.05, 4.69) is 20.2 Å². The first-order chi connectivity index (χ1) is 16.1. The van der Waals surface area contributed by atoms with Crippen LogP contribution in [0.4, 0.5) is 34.9 Å². The van der Waals surface area contributed by atoms with E-state index in [-0.39, 0.29) is 28.4 Å². The minimum absolute atomic E-state index is 0.0644. The summed E-state index contributed by atoms with van der Waals surface area (Å²) in [7, 11) is 1.95. The third-order valence-electron chi connectivity index (χ3n) is 5.88.